The number of sulfone groups is 1. The SMILES string of the molecule is O=C1c2[nH]nc(-c3ccccc3O)c2[C@H](c2ccc(Cl)c(Cl)c2)N1[C@H]1CCS(=O)(=O)C1. The molecule has 7 nitrogen and oxygen atoms in total. The zero-order chi connectivity index (χ0) is 21.9. The fourth-order valence-corrected chi connectivity index (χ4v) is 6.44. The molecule has 2 N–H and O–H groups in total. The molecule has 0 unspecified atom stereocenters. The van der Waals surface area contributed by atoms with Crippen LogP contribution in [0.3, 0.4) is 0 Å². The van der Waals surface area contributed by atoms with Gasteiger partial charge < -0.3 is 10.0 Å². The Morgan fingerprint density at radius 3 is 2.58 bits per heavy atom. The molecule has 1 saturated heterocycles. The second-order valence-corrected chi connectivity index (χ2v) is 10.8. The van der Waals surface area contributed by atoms with Crippen LogP contribution in [0.25, 0.3) is 11.3 Å². The van der Waals surface area contributed by atoms with Crippen molar-refractivity contribution in [3.05, 3.63) is 69.3 Å². The number of hydrogen-bond acceptors (Lipinski definition) is 5. The normalized spacial score (nSPS) is 22.1. The molecule has 0 bridgehead atoms. The highest BCUT2D eigenvalue weighted by Gasteiger charge is 2.48. The summed E-state index contributed by atoms with van der Waals surface area (Å²) in [5, 5.41) is 18.2. The van der Waals surface area contributed by atoms with Gasteiger partial charge in [-0.25, -0.2) is 8.42 Å². The van der Waals surface area contributed by atoms with Crippen molar-refractivity contribution < 1.29 is 18.3 Å². The maximum absolute atomic E-state index is 13.4. The maximum Gasteiger partial charge on any atom is 0.273 e. The summed E-state index contributed by atoms with van der Waals surface area (Å²) in [5.74, 6) is -0.366. The van der Waals surface area contributed by atoms with Gasteiger partial charge in [0.2, 0.25) is 0 Å². The molecule has 3 heterocycles. The number of phenolic OH excluding ortho intramolecular Hbond substituents is 1. The summed E-state index contributed by atoms with van der Waals surface area (Å²) in [6.07, 6.45) is 0.357. The number of aromatic hydroxyl groups is 1. The van der Waals surface area contributed by atoms with E-state index in [4.69, 9.17) is 23.2 Å². The highest BCUT2D eigenvalue weighted by Crippen LogP contribution is 2.47. The van der Waals surface area contributed by atoms with Crippen molar-refractivity contribution in [1.29, 1.82) is 0 Å². The zero-order valence-electron chi connectivity index (χ0n) is 16.0. The Bertz CT molecular complexity index is 1320. The predicted octanol–water partition coefficient (Wildman–Crippen LogP) is 3.82. The molecule has 10 heteroatoms. The third-order valence-corrected chi connectivity index (χ3v) is 8.31. The van der Waals surface area contributed by atoms with Gasteiger partial charge in [-0.05, 0) is 36.2 Å². The molecule has 31 heavy (non-hydrogen) atoms. The van der Waals surface area contributed by atoms with Crippen molar-refractivity contribution in [3.8, 4) is 17.0 Å². The molecule has 0 saturated carbocycles. The first-order chi connectivity index (χ1) is 14.8. The molecule has 2 aliphatic heterocycles. The lowest BCUT2D eigenvalue weighted by atomic mass is 9.95. The number of nitrogens with zero attached hydrogens (tertiary/aromatic N) is 2. The molecule has 3 aromatic rings. The second-order valence-electron chi connectivity index (χ2n) is 7.72. The fraction of sp³-hybridized carbons (Fsp3) is 0.238. The largest absolute Gasteiger partial charge is 0.507 e. The molecule has 0 spiro atoms. The molecule has 2 atom stereocenters. The topological polar surface area (TPSA) is 103 Å². The minimum Gasteiger partial charge on any atom is -0.507 e. The van der Waals surface area contributed by atoms with Crippen LogP contribution in [0.1, 0.15) is 34.1 Å². The van der Waals surface area contributed by atoms with Crippen LogP contribution in [0.15, 0.2) is 42.5 Å². The Morgan fingerprint density at radius 1 is 1.13 bits per heavy atom. The average Bonchev–Trinajstić information content (AvgIpc) is 3.38. The number of carbonyl (C=O) groups is 1. The number of carbonyl (C=O) groups excluding carboxylic acids is 1. The van der Waals surface area contributed by atoms with Crippen molar-refractivity contribution in [3.63, 3.8) is 0 Å². The summed E-state index contributed by atoms with van der Waals surface area (Å²) in [4.78, 5) is 15.0. The zero-order valence-corrected chi connectivity index (χ0v) is 18.4. The molecule has 1 aromatic heterocycles. The maximum atomic E-state index is 13.4. The Labute approximate surface area is 188 Å². The summed E-state index contributed by atoms with van der Waals surface area (Å²) in [7, 11) is -3.22. The predicted molar refractivity (Wildman–Crippen MR) is 117 cm³/mol. The van der Waals surface area contributed by atoms with Gasteiger partial charge in [-0.15, -0.1) is 0 Å². The summed E-state index contributed by atoms with van der Waals surface area (Å²) >= 11 is 12.4. The van der Waals surface area contributed by atoms with Crippen molar-refractivity contribution in [1.82, 2.24) is 15.1 Å². The quantitative estimate of drug-likeness (QED) is 0.596. The third-order valence-electron chi connectivity index (χ3n) is 5.82. The standard InChI is InChI=1S/C21H17Cl2N3O4S/c22-14-6-5-11(9-15(14)23)20-17-18(13-3-1-2-4-16(13)27)24-25-19(17)21(28)26(20)12-7-8-31(29,30)10-12/h1-6,9,12,20,27H,7-8,10H2,(H,24,25)/t12-,20-/m0/s1. The molecule has 1 amide bonds. The van der Waals surface area contributed by atoms with E-state index < -0.39 is 21.9 Å². The van der Waals surface area contributed by atoms with Gasteiger partial charge in [-0.3, -0.25) is 9.89 Å². The van der Waals surface area contributed by atoms with Crippen molar-refractivity contribution in [2.75, 3.05) is 11.5 Å². The van der Waals surface area contributed by atoms with E-state index in [0.29, 0.717) is 38.9 Å². The number of aromatic nitrogens is 2. The van der Waals surface area contributed by atoms with Crippen LogP contribution in [0, 0.1) is 0 Å². The first kappa shape index (κ1) is 20.4. The number of halogens is 2. The van der Waals surface area contributed by atoms with Crippen LogP contribution in [-0.4, -0.2) is 52.1 Å². The number of hydrogen-bond donors (Lipinski definition) is 2. The van der Waals surface area contributed by atoms with Gasteiger partial charge >= 0.3 is 0 Å². The number of fused-ring (bicyclic) bond motifs is 1. The monoisotopic (exact) mass is 477 g/mol. The lowest BCUT2D eigenvalue weighted by Crippen LogP contribution is -2.40. The number of phenols is 1. The van der Waals surface area contributed by atoms with E-state index in [1.807, 2.05) is 0 Å². The van der Waals surface area contributed by atoms with Gasteiger partial charge in [0.25, 0.3) is 5.91 Å². The van der Waals surface area contributed by atoms with E-state index in [2.05, 4.69) is 10.2 Å². The summed E-state index contributed by atoms with van der Waals surface area (Å²) in [6, 6.07) is 10.7. The minimum absolute atomic E-state index is 0.0269. The van der Waals surface area contributed by atoms with Gasteiger partial charge in [-0.1, -0.05) is 41.4 Å². The third kappa shape index (κ3) is 3.30. The van der Waals surface area contributed by atoms with Crippen LogP contribution in [0.5, 0.6) is 5.75 Å². The van der Waals surface area contributed by atoms with Gasteiger partial charge in [0.05, 0.1) is 27.6 Å². The number of amides is 1. The first-order valence-corrected chi connectivity index (χ1v) is 12.2. The summed E-state index contributed by atoms with van der Waals surface area (Å²) < 4.78 is 24.3. The number of nitrogens with one attached hydrogen (secondary N) is 1. The van der Waals surface area contributed by atoms with Crippen molar-refractivity contribution in [2.45, 2.75) is 18.5 Å². The molecule has 2 aliphatic rings. The molecule has 5 rings (SSSR count). The highest BCUT2D eigenvalue weighted by molar-refractivity contribution is 7.91. The summed E-state index contributed by atoms with van der Waals surface area (Å²) in [6.45, 7) is 0. The van der Waals surface area contributed by atoms with Gasteiger partial charge in [0, 0.05) is 17.2 Å². The lowest BCUT2D eigenvalue weighted by Gasteiger charge is -2.31. The Kier molecular flexibility index (Phi) is 4.76. The molecule has 0 aliphatic carbocycles. The van der Waals surface area contributed by atoms with E-state index in [0.717, 1.165) is 0 Å². The van der Waals surface area contributed by atoms with Gasteiger partial charge in [-0.2, -0.15) is 5.10 Å². The van der Waals surface area contributed by atoms with Gasteiger partial charge in [0.15, 0.2) is 9.84 Å². The van der Waals surface area contributed by atoms with E-state index in [9.17, 15) is 18.3 Å². The Morgan fingerprint density at radius 2 is 1.90 bits per heavy atom. The van der Waals surface area contributed by atoms with E-state index in [1.54, 1.807) is 47.4 Å². The molecular weight excluding hydrogens is 461 g/mol. The minimum atomic E-state index is -3.22. The van der Waals surface area contributed by atoms with E-state index >= 15 is 0 Å². The van der Waals surface area contributed by atoms with Crippen LogP contribution in [0.2, 0.25) is 10.0 Å². The van der Waals surface area contributed by atoms with Crippen molar-refractivity contribution >= 4 is 38.9 Å². The van der Waals surface area contributed by atoms with E-state index in [1.165, 1.54) is 0 Å². The number of H-pyrrole nitrogens is 1. The Balaban J connectivity index is 1.71. The molecule has 160 valence electrons. The number of aromatic amines is 1. The van der Waals surface area contributed by atoms with Crippen LogP contribution < -0.4 is 0 Å². The highest BCUT2D eigenvalue weighted by atomic mass is 35.5. The molecular formula is C21H17Cl2N3O4S. The Hall–Kier alpha value is -2.55. The van der Waals surface area contributed by atoms with Crippen LogP contribution in [0.4, 0.5) is 0 Å². The number of para-hydroxylation sites is 1. The van der Waals surface area contributed by atoms with Crippen molar-refractivity contribution in [2.24, 2.45) is 0 Å². The number of benzene rings is 2. The first-order valence-electron chi connectivity index (χ1n) is 9.61. The molecule has 1 fully saturated rings. The lowest BCUT2D eigenvalue weighted by molar-refractivity contribution is 0.0678. The smallest absolute Gasteiger partial charge is 0.273 e. The van der Waals surface area contributed by atoms with Crippen LogP contribution >= 0.6 is 23.2 Å². The fourth-order valence-electron chi connectivity index (χ4n) is 4.43. The van der Waals surface area contributed by atoms with E-state index in [-0.39, 0.29) is 28.9 Å². The summed E-state index contributed by atoms with van der Waals surface area (Å²) in [5.41, 5.74) is 2.44. The average molecular weight is 478 g/mol. The molecule has 0 radical (unpaired) electrons. The van der Waals surface area contributed by atoms with Gasteiger partial charge in [0.1, 0.15) is 17.1 Å². The van der Waals surface area contributed by atoms with Crippen LogP contribution in [-0.2, 0) is 9.84 Å². The second kappa shape index (κ2) is 7.25. The molecule has 2 aromatic carbocycles. The number of rotatable bonds is 3.